The van der Waals surface area contributed by atoms with E-state index in [1.165, 1.54) is 24.8 Å². The summed E-state index contributed by atoms with van der Waals surface area (Å²) in [4.78, 5) is 0. The lowest BCUT2D eigenvalue weighted by Crippen LogP contribution is -2.20. The van der Waals surface area contributed by atoms with Gasteiger partial charge in [0.2, 0.25) is 0 Å². The third-order valence-electron chi connectivity index (χ3n) is 2.60. The van der Waals surface area contributed by atoms with Crippen LogP contribution in [0.4, 0.5) is 0 Å². The molecule has 3 heteroatoms. The fourth-order valence-electron chi connectivity index (χ4n) is 1.52. The van der Waals surface area contributed by atoms with Gasteiger partial charge in [0.25, 0.3) is 0 Å². The molecule has 0 fully saturated rings. The van der Waals surface area contributed by atoms with Crippen molar-refractivity contribution in [2.75, 3.05) is 7.05 Å². The zero-order chi connectivity index (χ0) is 10.4. The van der Waals surface area contributed by atoms with Gasteiger partial charge in [0.15, 0.2) is 0 Å². The number of hydrogen-bond donors (Lipinski definition) is 1. The molecule has 1 aromatic heterocycles. The first-order valence-corrected chi connectivity index (χ1v) is 5.37. The smallest absolute Gasteiger partial charge is 0.0521 e. The molecule has 1 heterocycles. The molecule has 0 aliphatic carbocycles. The Morgan fingerprint density at radius 2 is 2.29 bits per heavy atom. The molecule has 14 heavy (non-hydrogen) atoms. The van der Waals surface area contributed by atoms with Crippen LogP contribution in [-0.2, 0) is 13.5 Å². The van der Waals surface area contributed by atoms with Crippen molar-refractivity contribution in [1.82, 2.24) is 15.1 Å². The first-order chi connectivity index (χ1) is 6.72. The molecule has 1 atom stereocenters. The van der Waals surface area contributed by atoms with Gasteiger partial charge in [0.05, 0.1) is 6.20 Å². The highest BCUT2D eigenvalue weighted by Crippen LogP contribution is 2.06. The Balaban J connectivity index is 2.10. The van der Waals surface area contributed by atoms with Crippen molar-refractivity contribution in [3.8, 4) is 0 Å². The lowest BCUT2D eigenvalue weighted by atomic mass is 10.1. The first-order valence-electron chi connectivity index (χ1n) is 5.37. The predicted octanol–water partition coefficient (Wildman–Crippen LogP) is 1.74. The molecule has 1 N–H and O–H groups in total. The van der Waals surface area contributed by atoms with Crippen LogP contribution in [0.15, 0.2) is 12.4 Å². The largest absolute Gasteiger partial charge is 0.317 e. The van der Waals surface area contributed by atoms with E-state index in [-0.39, 0.29) is 0 Å². The summed E-state index contributed by atoms with van der Waals surface area (Å²) >= 11 is 0. The van der Waals surface area contributed by atoms with Crippen LogP contribution in [0.5, 0.6) is 0 Å². The fraction of sp³-hybridized carbons (Fsp3) is 0.727. The monoisotopic (exact) mass is 195 g/mol. The summed E-state index contributed by atoms with van der Waals surface area (Å²) in [5, 5.41) is 7.40. The van der Waals surface area contributed by atoms with Gasteiger partial charge >= 0.3 is 0 Å². The van der Waals surface area contributed by atoms with Crippen LogP contribution in [0.3, 0.4) is 0 Å². The highest BCUT2D eigenvalue weighted by atomic mass is 15.2. The molecule has 0 aliphatic rings. The van der Waals surface area contributed by atoms with Gasteiger partial charge in [-0.25, -0.2) is 0 Å². The molecule has 0 spiro atoms. The third kappa shape index (κ3) is 3.92. The number of nitrogens with one attached hydrogen (secondary N) is 1. The van der Waals surface area contributed by atoms with Crippen molar-refractivity contribution in [1.29, 1.82) is 0 Å². The molecule has 0 aliphatic heterocycles. The van der Waals surface area contributed by atoms with Crippen LogP contribution in [0, 0.1) is 0 Å². The van der Waals surface area contributed by atoms with Gasteiger partial charge in [-0.15, -0.1) is 0 Å². The van der Waals surface area contributed by atoms with Crippen LogP contribution in [-0.4, -0.2) is 22.9 Å². The van der Waals surface area contributed by atoms with Gasteiger partial charge in [-0.1, -0.05) is 6.42 Å². The molecule has 0 saturated heterocycles. The van der Waals surface area contributed by atoms with Gasteiger partial charge < -0.3 is 5.32 Å². The van der Waals surface area contributed by atoms with Gasteiger partial charge in [-0.05, 0) is 38.8 Å². The minimum Gasteiger partial charge on any atom is -0.317 e. The Labute approximate surface area is 86.5 Å². The zero-order valence-corrected chi connectivity index (χ0v) is 9.45. The Kier molecular flexibility index (Phi) is 4.66. The second-order valence-corrected chi connectivity index (χ2v) is 3.96. The summed E-state index contributed by atoms with van der Waals surface area (Å²) < 4.78 is 1.87. The second kappa shape index (κ2) is 5.81. The molecular formula is C11H21N3. The van der Waals surface area contributed by atoms with E-state index in [9.17, 15) is 0 Å². The van der Waals surface area contributed by atoms with Gasteiger partial charge in [-0.2, -0.15) is 5.10 Å². The highest BCUT2D eigenvalue weighted by molar-refractivity contribution is 5.03. The van der Waals surface area contributed by atoms with Crippen LogP contribution >= 0.6 is 0 Å². The van der Waals surface area contributed by atoms with Crippen molar-refractivity contribution < 1.29 is 0 Å². The maximum atomic E-state index is 4.15. The average molecular weight is 195 g/mol. The number of hydrogen-bond acceptors (Lipinski definition) is 2. The van der Waals surface area contributed by atoms with Crippen LogP contribution in [0.25, 0.3) is 0 Å². The fourth-order valence-corrected chi connectivity index (χ4v) is 1.52. The Hall–Kier alpha value is -0.830. The quantitative estimate of drug-likeness (QED) is 0.701. The second-order valence-electron chi connectivity index (χ2n) is 3.96. The lowest BCUT2D eigenvalue weighted by molar-refractivity contribution is 0.528. The Bertz CT molecular complexity index is 255. The summed E-state index contributed by atoms with van der Waals surface area (Å²) in [6.07, 6.45) is 9.03. The van der Waals surface area contributed by atoms with E-state index in [2.05, 4.69) is 23.5 Å². The molecule has 1 aromatic rings. The van der Waals surface area contributed by atoms with Crippen LogP contribution < -0.4 is 5.32 Å². The van der Waals surface area contributed by atoms with Gasteiger partial charge in [0, 0.05) is 19.3 Å². The van der Waals surface area contributed by atoms with E-state index >= 15 is 0 Å². The minimum absolute atomic E-state index is 0.642. The van der Waals surface area contributed by atoms with Crippen molar-refractivity contribution in [3.63, 3.8) is 0 Å². The molecule has 80 valence electrons. The van der Waals surface area contributed by atoms with Crippen LogP contribution in [0.1, 0.15) is 31.7 Å². The normalized spacial score (nSPS) is 13.1. The van der Waals surface area contributed by atoms with Crippen molar-refractivity contribution in [2.45, 2.75) is 38.6 Å². The number of aryl methyl sites for hydroxylation is 2. The number of rotatable bonds is 6. The van der Waals surface area contributed by atoms with Gasteiger partial charge in [0.1, 0.15) is 0 Å². The average Bonchev–Trinajstić information content (AvgIpc) is 2.58. The summed E-state index contributed by atoms with van der Waals surface area (Å²) in [7, 11) is 3.98. The van der Waals surface area contributed by atoms with Crippen molar-refractivity contribution in [3.05, 3.63) is 18.0 Å². The summed E-state index contributed by atoms with van der Waals surface area (Å²) in [5.74, 6) is 0. The Morgan fingerprint density at radius 1 is 1.50 bits per heavy atom. The summed E-state index contributed by atoms with van der Waals surface area (Å²) in [6.45, 7) is 2.23. The topological polar surface area (TPSA) is 29.9 Å². The Morgan fingerprint density at radius 3 is 2.86 bits per heavy atom. The number of nitrogens with zero attached hydrogens (tertiary/aromatic N) is 2. The third-order valence-corrected chi connectivity index (χ3v) is 2.60. The van der Waals surface area contributed by atoms with E-state index in [4.69, 9.17) is 0 Å². The van der Waals surface area contributed by atoms with Crippen molar-refractivity contribution in [2.24, 2.45) is 7.05 Å². The van der Waals surface area contributed by atoms with E-state index < -0.39 is 0 Å². The highest BCUT2D eigenvalue weighted by Gasteiger charge is 1.99. The van der Waals surface area contributed by atoms with E-state index in [0.717, 1.165) is 6.42 Å². The summed E-state index contributed by atoms with van der Waals surface area (Å²) in [6, 6.07) is 0.642. The molecule has 3 nitrogen and oxygen atoms in total. The zero-order valence-electron chi connectivity index (χ0n) is 9.45. The maximum absolute atomic E-state index is 4.15. The lowest BCUT2D eigenvalue weighted by Gasteiger charge is -2.08. The van der Waals surface area contributed by atoms with E-state index in [1.54, 1.807) is 0 Å². The molecule has 0 aromatic carbocycles. The SMILES string of the molecule is CNC(C)CCCCc1cnn(C)c1. The number of unbranched alkanes of at least 4 members (excludes halogenated alkanes) is 1. The van der Waals surface area contributed by atoms with E-state index in [1.807, 2.05) is 25.0 Å². The van der Waals surface area contributed by atoms with E-state index in [0.29, 0.717) is 6.04 Å². The molecule has 1 unspecified atom stereocenters. The minimum atomic E-state index is 0.642. The van der Waals surface area contributed by atoms with Gasteiger partial charge in [-0.3, -0.25) is 4.68 Å². The molecule has 0 radical (unpaired) electrons. The van der Waals surface area contributed by atoms with Crippen LogP contribution in [0.2, 0.25) is 0 Å². The first kappa shape index (κ1) is 11.2. The molecule has 0 amide bonds. The molecule has 0 bridgehead atoms. The molecule has 1 rings (SSSR count). The predicted molar refractivity (Wildman–Crippen MR) is 59.3 cm³/mol. The maximum Gasteiger partial charge on any atom is 0.0521 e. The summed E-state index contributed by atoms with van der Waals surface area (Å²) in [5.41, 5.74) is 1.35. The standard InChI is InChI=1S/C11H21N3/c1-10(12-2)6-4-5-7-11-8-13-14(3)9-11/h8-10,12H,4-7H2,1-3H3. The number of aromatic nitrogens is 2. The van der Waals surface area contributed by atoms with Crippen molar-refractivity contribution >= 4 is 0 Å². The molecule has 0 saturated carbocycles. The molecular weight excluding hydrogens is 174 g/mol.